The molecule has 2 bridgehead atoms. The molecule has 23 heavy (non-hydrogen) atoms. The zero-order valence-corrected chi connectivity index (χ0v) is 13.6. The van der Waals surface area contributed by atoms with Crippen LogP contribution >= 0.6 is 0 Å². The van der Waals surface area contributed by atoms with Crippen LogP contribution in [0.4, 0.5) is 0 Å². The van der Waals surface area contributed by atoms with Crippen molar-refractivity contribution < 1.29 is 5.11 Å². The van der Waals surface area contributed by atoms with Crippen molar-refractivity contribution in [1.82, 2.24) is 9.88 Å². The fraction of sp³-hybridized carbons (Fsp3) is 0.526. The summed E-state index contributed by atoms with van der Waals surface area (Å²) < 4.78 is 0. The molecule has 4 nitrogen and oxygen atoms in total. The van der Waals surface area contributed by atoms with Gasteiger partial charge in [-0.15, -0.1) is 0 Å². The average molecular weight is 312 g/mol. The lowest BCUT2D eigenvalue weighted by atomic mass is 9.82. The lowest BCUT2D eigenvalue weighted by Gasteiger charge is -2.47. The Bertz CT molecular complexity index is 769. The number of aromatic amines is 1. The summed E-state index contributed by atoms with van der Waals surface area (Å²) in [6.07, 6.45) is 5.05. The van der Waals surface area contributed by atoms with Crippen molar-refractivity contribution in [2.45, 2.75) is 63.8 Å². The molecule has 0 radical (unpaired) electrons. The molecule has 0 aliphatic carbocycles. The Hall–Kier alpha value is -1.65. The third-order valence-corrected chi connectivity index (χ3v) is 5.53. The largest absolute Gasteiger partial charge is 0.393 e. The highest BCUT2D eigenvalue weighted by Gasteiger charge is 2.37. The number of aliphatic hydroxyl groups is 1. The molecular weight excluding hydrogens is 288 g/mol. The number of pyridine rings is 1. The van der Waals surface area contributed by atoms with Gasteiger partial charge in [0.25, 0.3) is 5.56 Å². The van der Waals surface area contributed by atoms with Gasteiger partial charge in [-0.2, -0.15) is 0 Å². The van der Waals surface area contributed by atoms with Crippen LogP contribution in [-0.4, -0.2) is 33.2 Å². The quantitative estimate of drug-likeness (QED) is 0.896. The van der Waals surface area contributed by atoms with Crippen molar-refractivity contribution in [3.05, 3.63) is 45.7 Å². The number of nitrogens with zero attached hydrogens (tertiary/aromatic N) is 1. The minimum absolute atomic E-state index is 0.0206. The molecule has 0 spiro atoms. The van der Waals surface area contributed by atoms with Gasteiger partial charge >= 0.3 is 0 Å². The highest BCUT2D eigenvalue weighted by molar-refractivity contribution is 5.79. The first-order valence-corrected chi connectivity index (χ1v) is 8.66. The molecule has 2 fully saturated rings. The van der Waals surface area contributed by atoms with E-state index in [-0.39, 0.29) is 11.7 Å². The molecular formula is C19H24N2O2. The van der Waals surface area contributed by atoms with E-state index in [1.165, 1.54) is 6.42 Å². The maximum absolute atomic E-state index is 12.5. The Morgan fingerprint density at radius 3 is 2.70 bits per heavy atom. The number of H-pyrrole nitrogens is 1. The second kappa shape index (κ2) is 5.77. The number of piperidine rings is 2. The minimum Gasteiger partial charge on any atom is -0.393 e. The molecule has 1 aromatic heterocycles. The lowest BCUT2D eigenvalue weighted by molar-refractivity contribution is -0.0314. The Morgan fingerprint density at radius 2 is 1.96 bits per heavy atom. The smallest absolute Gasteiger partial charge is 0.252 e. The van der Waals surface area contributed by atoms with Crippen molar-refractivity contribution in [2.75, 3.05) is 0 Å². The Labute approximate surface area is 136 Å². The van der Waals surface area contributed by atoms with Crippen LogP contribution in [0.15, 0.2) is 29.1 Å². The van der Waals surface area contributed by atoms with E-state index in [1.807, 2.05) is 19.1 Å². The predicted octanol–water partition coefficient (Wildman–Crippen LogP) is 2.71. The van der Waals surface area contributed by atoms with Crippen molar-refractivity contribution in [3.63, 3.8) is 0 Å². The van der Waals surface area contributed by atoms with Gasteiger partial charge < -0.3 is 10.1 Å². The number of nitrogens with one attached hydrogen (secondary N) is 1. The van der Waals surface area contributed by atoms with Gasteiger partial charge in [0.15, 0.2) is 0 Å². The summed E-state index contributed by atoms with van der Waals surface area (Å²) in [6, 6.07) is 9.05. The summed E-state index contributed by atoms with van der Waals surface area (Å²) in [5, 5.41) is 11.1. The molecule has 2 aliphatic heterocycles. The number of fused-ring (bicyclic) bond motifs is 3. The Kier molecular flexibility index (Phi) is 3.74. The Balaban J connectivity index is 1.66. The summed E-state index contributed by atoms with van der Waals surface area (Å²) in [4.78, 5) is 18.0. The number of hydrogen-bond acceptors (Lipinski definition) is 3. The van der Waals surface area contributed by atoms with Crippen LogP contribution in [0.3, 0.4) is 0 Å². The second-order valence-corrected chi connectivity index (χ2v) is 7.25. The minimum atomic E-state index is -0.167. The number of aryl methyl sites for hydroxylation is 1. The molecule has 122 valence electrons. The van der Waals surface area contributed by atoms with Crippen LogP contribution in [0, 0.1) is 6.92 Å². The van der Waals surface area contributed by atoms with Crippen LogP contribution in [-0.2, 0) is 6.54 Å². The zero-order chi connectivity index (χ0) is 16.0. The molecule has 0 amide bonds. The van der Waals surface area contributed by atoms with Crippen LogP contribution in [0.25, 0.3) is 10.9 Å². The molecule has 4 rings (SSSR count). The number of benzene rings is 1. The molecule has 2 N–H and O–H groups in total. The van der Waals surface area contributed by atoms with Crippen molar-refractivity contribution in [2.24, 2.45) is 0 Å². The molecule has 1 unspecified atom stereocenters. The van der Waals surface area contributed by atoms with E-state index in [0.717, 1.165) is 47.7 Å². The highest BCUT2D eigenvalue weighted by atomic mass is 16.3. The Morgan fingerprint density at radius 1 is 1.22 bits per heavy atom. The van der Waals surface area contributed by atoms with Crippen LogP contribution < -0.4 is 5.56 Å². The summed E-state index contributed by atoms with van der Waals surface area (Å²) in [6.45, 7) is 2.73. The van der Waals surface area contributed by atoms with E-state index in [1.54, 1.807) is 0 Å². The first kappa shape index (κ1) is 14.9. The van der Waals surface area contributed by atoms with Gasteiger partial charge in [0.2, 0.25) is 0 Å². The molecule has 2 saturated heterocycles. The summed E-state index contributed by atoms with van der Waals surface area (Å²) in [5.74, 6) is 0. The third-order valence-electron chi connectivity index (χ3n) is 5.53. The first-order chi connectivity index (χ1) is 11.1. The molecule has 2 aromatic rings. The van der Waals surface area contributed by atoms with E-state index < -0.39 is 0 Å². The number of aromatic nitrogens is 1. The van der Waals surface area contributed by atoms with Gasteiger partial charge in [-0.25, -0.2) is 0 Å². The van der Waals surface area contributed by atoms with Gasteiger partial charge in [0, 0.05) is 29.7 Å². The van der Waals surface area contributed by atoms with Gasteiger partial charge in [-0.1, -0.05) is 18.6 Å². The van der Waals surface area contributed by atoms with Gasteiger partial charge in [-0.3, -0.25) is 9.69 Å². The van der Waals surface area contributed by atoms with Gasteiger partial charge in [0.05, 0.1) is 6.10 Å². The van der Waals surface area contributed by atoms with Gasteiger partial charge in [0.1, 0.15) is 0 Å². The fourth-order valence-electron chi connectivity index (χ4n) is 4.38. The van der Waals surface area contributed by atoms with E-state index in [0.29, 0.717) is 18.6 Å². The summed E-state index contributed by atoms with van der Waals surface area (Å²) >= 11 is 0. The monoisotopic (exact) mass is 312 g/mol. The summed E-state index contributed by atoms with van der Waals surface area (Å²) in [7, 11) is 0. The number of hydrogen-bond donors (Lipinski definition) is 2. The molecule has 2 aliphatic rings. The topological polar surface area (TPSA) is 56.3 Å². The van der Waals surface area contributed by atoms with Crippen LogP contribution in [0.5, 0.6) is 0 Å². The van der Waals surface area contributed by atoms with Crippen LogP contribution in [0.2, 0.25) is 0 Å². The van der Waals surface area contributed by atoms with Crippen molar-refractivity contribution in [3.8, 4) is 0 Å². The van der Waals surface area contributed by atoms with E-state index >= 15 is 0 Å². The zero-order valence-electron chi connectivity index (χ0n) is 13.6. The molecule has 3 heterocycles. The second-order valence-electron chi connectivity index (χ2n) is 7.25. The SMILES string of the molecule is Cc1ccc2cc(CN3[C@@H]4CCC[C@H]3CC(O)C4)c(=O)[nH]c2c1. The first-order valence-electron chi connectivity index (χ1n) is 8.66. The number of aliphatic hydroxyl groups excluding tert-OH is 1. The van der Waals surface area contributed by atoms with Crippen LogP contribution in [0.1, 0.15) is 43.2 Å². The molecule has 4 heteroatoms. The number of rotatable bonds is 2. The maximum atomic E-state index is 12.5. The summed E-state index contributed by atoms with van der Waals surface area (Å²) in [5.41, 5.74) is 2.93. The van der Waals surface area contributed by atoms with Crippen molar-refractivity contribution in [1.29, 1.82) is 0 Å². The highest BCUT2D eigenvalue weighted by Crippen LogP contribution is 2.35. The fourth-order valence-corrected chi connectivity index (χ4v) is 4.38. The predicted molar refractivity (Wildman–Crippen MR) is 91.5 cm³/mol. The molecule has 0 saturated carbocycles. The normalized spacial score (nSPS) is 28.2. The molecule has 1 aromatic carbocycles. The molecule has 3 atom stereocenters. The van der Waals surface area contributed by atoms with Gasteiger partial charge in [-0.05, 0) is 55.7 Å². The van der Waals surface area contributed by atoms with E-state index in [2.05, 4.69) is 22.0 Å². The van der Waals surface area contributed by atoms with Crippen molar-refractivity contribution >= 4 is 10.9 Å². The third kappa shape index (κ3) is 2.81. The maximum Gasteiger partial charge on any atom is 0.252 e. The lowest BCUT2D eigenvalue weighted by Crippen LogP contribution is -2.53. The standard InChI is InChI=1S/C19H24N2O2/c1-12-5-6-13-8-14(19(23)20-18(13)7-12)11-21-15-3-2-4-16(21)10-17(22)9-15/h5-8,15-17,22H,2-4,9-11H2,1H3,(H,20,23)/t15-,16+,17?. The van der Waals surface area contributed by atoms with E-state index in [4.69, 9.17) is 0 Å². The average Bonchev–Trinajstić information content (AvgIpc) is 2.49. The van der Waals surface area contributed by atoms with E-state index in [9.17, 15) is 9.90 Å².